The Morgan fingerprint density at radius 3 is 2.53 bits per heavy atom. The highest BCUT2D eigenvalue weighted by atomic mass is 16.5. The molecule has 0 unspecified atom stereocenters. The van der Waals surface area contributed by atoms with Crippen molar-refractivity contribution in [3.05, 3.63) is 17.2 Å². The zero-order valence-electron chi connectivity index (χ0n) is 9.86. The summed E-state index contributed by atoms with van der Waals surface area (Å²) in [5.74, 6) is -0.407. The third kappa shape index (κ3) is 1.90. The van der Waals surface area contributed by atoms with E-state index >= 15 is 0 Å². The van der Waals surface area contributed by atoms with Crippen LogP contribution in [0, 0.1) is 0 Å². The molecule has 1 aliphatic heterocycles. The second-order valence-corrected chi connectivity index (χ2v) is 3.82. The summed E-state index contributed by atoms with van der Waals surface area (Å²) in [6, 6.07) is 0. The molecule has 6 heteroatoms. The molecule has 0 aliphatic carbocycles. The number of aryl methyl sites for hydroxylation is 1. The van der Waals surface area contributed by atoms with Gasteiger partial charge in [-0.25, -0.2) is 14.6 Å². The first-order valence-electron chi connectivity index (χ1n) is 5.45. The lowest BCUT2D eigenvalue weighted by Gasteiger charge is -2.15. The number of hydrogen-bond acceptors (Lipinski definition) is 5. The summed E-state index contributed by atoms with van der Waals surface area (Å²) in [6.07, 6.45) is 2.74. The van der Waals surface area contributed by atoms with Gasteiger partial charge in [-0.05, 0) is 12.8 Å². The number of methoxy groups -OCH3 is 2. The fourth-order valence-electron chi connectivity index (χ4n) is 2.03. The Hall–Kier alpha value is -1.85. The molecule has 6 nitrogen and oxygen atoms in total. The van der Waals surface area contributed by atoms with E-state index in [1.165, 1.54) is 14.2 Å². The van der Waals surface area contributed by atoms with Crippen molar-refractivity contribution in [3.8, 4) is 0 Å². The molecule has 17 heavy (non-hydrogen) atoms. The predicted octanol–water partition coefficient (Wildman–Crippen LogP) is 0.793. The zero-order chi connectivity index (χ0) is 12.4. The molecule has 0 saturated heterocycles. The van der Waals surface area contributed by atoms with E-state index in [1.807, 2.05) is 0 Å². The molecule has 0 saturated carbocycles. The minimum Gasteiger partial charge on any atom is -0.464 e. The van der Waals surface area contributed by atoms with Gasteiger partial charge < -0.3 is 14.0 Å². The lowest BCUT2D eigenvalue weighted by Crippen LogP contribution is -2.18. The Morgan fingerprint density at radius 2 is 1.88 bits per heavy atom. The van der Waals surface area contributed by atoms with E-state index in [0.717, 1.165) is 25.1 Å². The van der Waals surface area contributed by atoms with Gasteiger partial charge in [-0.2, -0.15) is 0 Å². The Bertz CT molecular complexity index is 464. The maximum atomic E-state index is 11.7. The summed E-state index contributed by atoms with van der Waals surface area (Å²) in [4.78, 5) is 27.4. The fraction of sp³-hybridized carbons (Fsp3) is 0.545. The Labute approximate surface area is 98.5 Å². The van der Waals surface area contributed by atoms with Crippen molar-refractivity contribution >= 4 is 11.9 Å². The molecule has 2 rings (SSSR count). The Kier molecular flexibility index (Phi) is 3.12. The molecule has 2 heterocycles. The SMILES string of the molecule is COC(=O)c1nc2n(c1C(=O)OC)CCCC2. The number of aromatic nitrogens is 2. The molecule has 1 aromatic heterocycles. The van der Waals surface area contributed by atoms with E-state index in [2.05, 4.69) is 14.5 Å². The summed E-state index contributed by atoms with van der Waals surface area (Å²) in [7, 11) is 2.55. The predicted molar refractivity (Wildman–Crippen MR) is 57.8 cm³/mol. The van der Waals surface area contributed by atoms with Gasteiger partial charge in [-0.3, -0.25) is 0 Å². The van der Waals surface area contributed by atoms with Gasteiger partial charge in [0.1, 0.15) is 5.82 Å². The largest absolute Gasteiger partial charge is 0.464 e. The van der Waals surface area contributed by atoms with Crippen molar-refractivity contribution in [2.75, 3.05) is 14.2 Å². The van der Waals surface area contributed by atoms with E-state index in [0.29, 0.717) is 6.54 Å². The molecule has 0 radical (unpaired) electrons. The lowest BCUT2D eigenvalue weighted by atomic mass is 10.1. The molecule has 0 spiro atoms. The molecule has 0 N–H and O–H groups in total. The van der Waals surface area contributed by atoms with Gasteiger partial charge in [0.15, 0.2) is 11.4 Å². The topological polar surface area (TPSA) is 70.4 Å². The van der Waals surface area contributed by atoms with Crippen LogP contribution >= 0.6 is 0 Å². The van der Waals surface area contributed by atoms with E-state index in [1.54, 1.807) is 4.57 Å². The number of ether oxygens (including phenoxy) is 2. The molecule has 0 amide bonds. The van der Waals surface area contributed by atoms with Crippen molar-refractivity contribution in [1.29, 1.82) is 0 Å². The van der Waals surface area contributed by atoms with E-state index < -0.39 is 11.9 Å². The molecule has 0 fully saturated rings. The third-order valence-corrected chi connectivity index (χ3v) is 2.84. The van der Waals surface area contributed by atoms with Gasteiger partial charge >= 0.3 is 11.9 Å². The highest BCUT2D eigenvalue weighted by molar-refractivity contribution is 6.00. The normalized spacial score (nSPS) is 14.0. The van der Waals surface area contributed by atoms with Gasteiger partial charge in [0.05, 0.1) is 14.2 Å². The van der Waals surface area contributed by atoms with Crippen molar-refractivity contribution < 1.29 is 19.1 Å². The first kappa shape index (κ1) is 11.6. The second-order valence-electron chi connectivity index (χ2n) is 3.82. The molecule has 1 aromatic rings. The number of esters is 2. The van der Waals surface area contributed by atoms with Crippen molar-refractivity contribution in [2.45, 2.75) is 25.8 Å². The summed E-state index contributed by atoms with van der Waals surface area (Å²) in [5, 5.41) is 0. The third-order valence-electron chi connectivity index (χ3n) is 2.84. The van der Waals surface area contributed by atoms with E-state index in [4.69, 9.17) is 0 Å². The highest BCUT2D eigenvalue weighted by Gasteiger charge is 2.29. The van der Waals surface area contributed by atoms with Crippen LogP contribution in [0.2, 0.25) is 0 Å². The first-order valence-corrected chi connectivity index (χ1v) is 5.45. The molecule has 0 atom stereocenters. The van der Waals surface area contributed by atoms with Crippen LogP contribution in [0.3, 0.4) is 0 Å². The van der Waals surface area contributed by atoms with Crippen LogP contribution in [0.1, 0.15) is 39.6 Å². The van der Waals surface area contributed by atoms with Crippen LogP contribution in [0.5, 0.6) is 0 Å². The monoisotopic (exact) mass is 238 g/mol. The van der Waals surface area contributed by atoms with Crippen LogP contribution in [0.25, 0.3) is 0 Å². The summed E-state index contributed by atoms with van der Waals surface area (Å²) < 4.78 is 11.1. The molecule has 0 aromatic carbocycles. The van der Waals surface area contributed by atoms with Gasteiger partial charge in [-0.1, -0.05) is 0 Å². The summed E-state index contributed by atoms with van der Waals surface area (Å²) in [6.45, 7) is 0.684. The van der Waals surface area contributed by atoms with Crippen molar-refractivity contribution in [2.24, 2.45) is 0 Å². The molecule has 92 valence electrons. The minimum absolute atomic E-state index is 0.0521. The minimum atomic E-state index is -0.604. The van der Waals surface area contributed by atoms with Crippen LogP contribution in [0.4, 0.5) is 0 Å². The van der Waals surface area contributed by atoms with Crippen molar-refractivity contribution in [1.82, 2.24) is 9.55 Å². The number of fused-ring (bicyclic) bond motifs is 1. The fourth-order valence-corrected chi connectivity index (χ4v) is 2.03. The quantitative estimate of drug-likeness (QED) is 0.712. The lowest BCUT2D eigenvalue weighted by molar-refractivity contribution is 0.0543. The van der Waals surface area contributed by atoms with E-state index in [-0.39, 0.29) is 11.4 Å². The average molecular weight is 238 g/mol. The number of rotatable bonds is 2. The number of hydrogen-bond donors (Lipinski definition) is 0. The summed E-state index contributed by atoms with van der Waals surface area (Å²) >= 11 is 0. The number of carbonyl (C=O) groups is 2. The standard InChI is InChI=1S/C11H14N2O4/c1-16-10(14)8-9(11(15)17-2)13-6-4-3-5-7(13)12-8/h3-6H2,1-2H3. The number of imidazole rings is 1. The number of carbonyl (C=O) groups excluding carboxylic acids is 2. The maximum Gasteiger partial charge on any atom is 0.359 e. The summed E-state index contributed by atoms with van der Waals surface area (Å²) in [5.41, 5.74) is 0.255. The van der Waals surface area contributed by atoms with Gasteiger partial charge in [0.25, 0.3) is 0 Å². The number of nitrogens with zero attached hydrogens (tertiary/aromatic N) is 2. The Morgan fingerprint density at radius 1 is 1.18 bits per heavy atom. The second kappa shape index (κ2) is 4.57. The zero-order valence-corrected chi connectivity index (χ0v) is 9.86. The van der Waals surface area contributed by atoms with Crippen LogP contribution < -0.4 is 0 Å². The van der Waals surface area contributed by atoms with Crippen LogP contribution in [-0.2, 0) is 22.4 Å². The van der Waals surface area contributed by atoms with Crippen LogP contribution in [-0.4, -0.2) is 35.7 Å². The molecule has 0 bridgehead atoms. The van der Waals surface area contributed by atoms with Gasteiger partial charge in [0, 0.05) is 13.0 Å². The maximum absolute atomic E-state index is 11.7. The average Bonchev–Trinajstić information content (AvgIpc) is 2.76. The molecular weight excluding hydrogens is 224 g/mol. The highest BCUT2D eigenvalue weighted by Crippen LogP contribution is 2.21. The molecular formula is C11H14N2O4. The van der Waals surface area contributed by atoms with E-state index in [9.17, 15) is 9.59 Å². The van der Waals surface area contributed by atoms with Gasteiger partial charge in [-0.15, -0.1) is 0 Å². The smallest absolute Gasteiger partial charge is 0.359 e. The Balaban J connectivity index is 2.54. The van der Waals surface area contributed by atoms with Gasteiger partial charge in [0.2, 0.25) is 0 Å². The van der Waals surface area contributed by atoms with Crippen molar-refractivity contribution in [3.63, 3.8) is 0 Å². The molecule has 1 aliphatic rings. The first-order chi connectivity index (χ1) is 8.19. The van der Waals surface area contributed by atoms with Crippen LogP contribution in [0.15, 0.2) is 0 Å².